The lowest BCUT2D eigenvalue weighted by Gasteiger charge is -2.25. The molecular formula is C60H122N2O6P+. The Labute approximate surface area is 431 Å². The largest absolute Gasteiger partial charge is 0.472 e. The predicted molar refractivity (Wildman–Crippen MR) is 300 cm³/mol. The summed E-state index contributed by atoms with van der Waals surface area (Å²) in [6.45, 7) is 4.85. The molecule has 69 heavy (non-hydrogen) atoms. The van der Waals surface area contributed by atoms with Gasteiger partial charge in [0.1, 0.15) is 13.2 Å². The van der Waals surface area contributed by atoms with Crippen molar-refractivity contribution >= 4 is 13.7 Å². The number of phosphoric acid groups is 1. The molecule has 412 valence electrons. The molecule has 0 aromatic carbocycles. The van der Waals surface area contributed by atoms with Crippen molar-refractivity contribution in [1.29, 1.82) is 0 Å². The number of aliphatic hydroxyl groups excluding tert-OH is 1. The highest BCUT2D eigenvalue weighted by molar-refractivity contribution is 7.47. The topological polar surface area (TPSA) is 105 Å². The van der Waals surface area contributed by atoms with Crippen molar-refractivity contribution in [2.24, 2.45) is 0 Å². The zero-order valence-electron chi connectivity index (χ0n) is 47.1. The molecule has 1 amide bonds. The fourth-order valence-electron chi connectivity index (χ4n) is 9.46. The van der Waals surface area contributed by atoms with Crippen LogP contribution in [0, 0.1) is 0 Å². The summed E-state index contributed by atoms with van der Waals surface area (Å²) in [4.78, 5) is 23.3. The third-order valence-corrected chi connectivity index (χ3v) is 15.2. The molecule has 3 N–H and O–H groups in total. The van der Waals surface area contributed by atoms with E-state index in [-0.39, 0.29) is 19.1 Å². The van der Waals surface area contributed by atoms with Crippen LogP contribution in [-0.4, -0.2) is 73.4 Å². The second kappa shape index (κ2) is 52.1. The van der Waals surface area contributed by atoms with Crippen molar-refractivity contribution in [2.45, 2.75) is 328 Å². The molecule has 0 saturated heterocycles. The number of unbranched alkanes of at least 4 members (excludes halogenated alkanes) is 44. The van der Waals surface area contributed by atoms with Crippen LogP contribution in [0.15, 0.2) is 12.2 Å². The highest BCUT2D eigenvalue weighted by atomic mass is 31.2. The number of hydrogen-bond donors (Lipinski definition) is 3. The molecule has 0 heterocycles. The summed E-state index contributed by atoms with van der Waals surface area (Å²) in [6.07, 6.45) is 64.9. The van der Waals surface area contributed by atoms with E-state index in [0.717, 1.165) is 38.5 Å². The molecule has 0 bridgehead atoms. The van der Waals surface area contributed by atoms with Gasteiger partial charge in [-0.15, -0.1) is 0 Å². The molecule has 0 aliphatic heterocycles. The highest BCUT2D eigenvalue weighted by Gasteiger charge is 2.27. The van der Waals surface area contributed by atoms with E-state index in [1.165, 1.54) is 257 Å². The molecular weight excluding hydrogens is 876 g/mol. The van der Waals surface area contributed by atoms with E-state index in [1.54, 1.807) is 6.08 Å². The van der Waals surface area contributed by atoms with E-state index in [4.69, 9.17) is 9.05 Å². The minimum Gasteiger partial charge on any atom is -0.387 e. The zero-order chi connectivity index (χ0) is 50.6. The number of allylic oxidation sites excluding steroid dienone is 1. The zero-order valence-corrected chi connectivity index (χ0v) is 48.0. The molecule has 0 saturated carbocycles. The van der Waals surface area contributed by atoms with Gasteiger partial charge in [0.25, 0.3) is 0 Å². The van der Waals surface area contributed by atoms with E-state index in [9.17, 15) is 19.4 Å². The third kappa shape index (κ3) is 54.8. The van der Waals surface area contributed by atoms with Crippen LogP contribution in [0.5, 0.6) is 0 Å². The molecule has 0 radical (unpaired) electrons. The maximum absolute atomic E-state index is 13.0. The average molecular weight is 999 g/mol. The maximum atomic E-state index is 13.0. The van der Waals surface area contributed by atoms with Crippen molar-refractivity contribution in [3.63, 3.8) is 0 Å². The first-order valence-corrected chi connectivity index (χ1v) is 32.1. The van der Waals surface area contributed by atoms with Crippen molar-refractivity contribution < 1.29 is 32.9 Å². The molecule has 0 aliphatic rings. The number of carbonyl (C=O) groups excluding carboxylic acids is 1. The molecule has 0 fully saturated rings. The van der Waals surface area contributed by atoms with E-state index in [1.807, 2.05) is 27.2 Å². The van der Waals surface area contributed by atoms with Crippen LogP contribution < -0.4 is 5.32 Å². The summed E-state index contributed by atoms with van der Waals surface area (Å²) < 4.78 is 23.7. The first kappa shape index (κ1) is 68.2. The first-order chi connectivity index (χ1) is 33.5. The number of likely N-dealkylation sites (N-methyl/N-ethyl adjacent to an activating group) is 1. The normalized spacial score (nSPS) is 13.9. The lowest BCUT2D eigenvalue weighted by Crippen LogP contribution is -2.45. The van der Waals surface area contributed by atoms with Gasteiger partial charge in [-0.3, -0.25) is 13.8 Å². The number of hydrogen-bond acceptors (Lipinski definition) is 5. The predicted octanol–water partition coefficient (Wildman–Crippen LogP) is 18.6. The number of rotatable bonds is 57. The lowest BCUT2D eigenvalue weighted by molar-refractivity contribution is -0.870. The summed E-state index contributed by atoms with van der Waals surface area (Å²) in [7, 11) is 1.59. The third-order valence-electron chi connectivity index (χ3n) is 14.3. The second-order valence-corrected chi connectivity index (χ2v) is 23.9. The Hall–Kier alpha value is -0.760. The van der Waals surface area contributed by atoms with Crippen LogP contribution in [0.25, 0.3) is 0 Å². The number of quaternary nitrogens is 1. The van der Waals surface area contributed by atoms with Crippen LogP contribution in [0.4, 0.5) is 0 Å². The molecule has 1 unspecified atom stereocenters. The van der Waals surface area contributed by atoms with Crippen LogP contribution in [-0.2, 0) is 18.4 Å². The summed E-state index contributed by atoms with van der Waals surface area (Å²) in [5.74, 6) is -0.170. The molecule has 0 spiro atoms. The Morgan fingerprint density at radius 2 is 0.768 bits per heavy atom. The highest BCUT2D eigenvalue weighted by Crippen LogP contribution is 2.43. The van der Waals surface area contributed by atoms with E-state index in [2.05, 4.69) is 19.2 Å². The van der Waals surface area contributed by atoms with Crippen molar-refractivity contribution in [3.8, 4) is 0 Å². The molecule has 0 aliphatic carbocycles. The van der Waals surface area contributed by atoms with Gasteiger partial charge < -0.3 is 19.8 Å². The summed E-state index contributed by atoms with van der Waals surface area (Å²) in [5, 5.41) is 13.9. The maximum Gasteiger partial charge on any atom is 0.472 e. The molecule has 0 aromatic heterocycles. The van der Waals surface area contributed by atoms with Gasteiger partial charge in [0.2, 0.25) is 5.91 Å². The Balaban J connectivity index is 3.92. The molecule has 0 rings (SSSR count). The van der Waals surface area contributed by atoms with Gasteiger partial charge >= 0.3 is 7.82 Å². The average Bonchev–Trinajstić information content (AvgIpc) is 3.31. The number of nitrogens with one attached hydrogen (secondary N) is 1. The minimum atomic E-state index is -4.34. The van der Waals surface area contributed by atoms with E-state index >= 15 is 0 Å². The Kier molecular flexibility index (Phi) is 51.5. The Morgan fingerprint density at radius 1 is 0.478 bits per heavy atom. The number of carbonyl (C=O) groups is 1. The number of phosphoric ester groups is 1. The molecule has 0 aromatic rings. The van der Waals surface area contributed by atoms with Crippen LogP contribution in [0.3, 0.4) is 0 Å². The van der Waals surface area contributed by atoms with Gasteiger partial charge in [-0.2, -0.15) is 0 Å². The lowest BCUT2D eigenvalue weighted by atomic mass is 10.0. The fraction of sp³-hybridized carbons (Fsp3) is 0.950. The van der Waals surface area contributed by atoms with Gasteiger partial charge in [-0.25, -0.2) is 4.57 Å². The van der Waals surface area contributed by atoms with Crippen LogP contribution >= 0.6 is 7.82 Å². The molecule has 8 nitrogen and oxygen atoms in total. The second-order valence-electron chi connectivity index (χ2n) is 22.4. The summed E-state index contributed by atoms with van der Waals surface area (Å²) in [6, 6.07) is -0.841. The molecule has 3 atom stereocenters. The van der Waals surface area contributed by atoms with Crippen molar-refractivity contribution in [2.75, 3.05) is 40.9 Å². The molecule has 9 heteroatoms. The van der Waals surface area contributed by atoms with Gasteiger partial charge in [0.15, 0.2) is 0 Å². The summed E-state index contributed by atoms with van der Waals surface area (Å²) in [5.41, 5.74) is 0. The minimum absolute atomic E-state index is 0.0649. The van der Waals surface area contributed by atoms with E-state index in [0.29, 0.717) is 17.4 Å². The number of nitrogens with zero attached hydrogens (tertiary/aromatic N) is 1. The van der Waals surface area contributed by atoms with Crippen molar-refractivity contribution in [1.82, 2.24) is 5.32 Å². The summed E-state index contributed by atoms with van der Waals surface area (Å²) >= 11 is 0. The van der Waals surface area contributed by atoms with Crippen molar-refractivity contribution in [3.05, 3.63) is 12.2 Å². The Morgan fingerprint density at radius 3 is 1.07 bits per heavy atom. The smallest absolute Gasteiger partial charge is 0.387 e. The van der Waals surface area contributed by atoms with Gasteiger partial charge in [-0.05, 0) is 19.3 Å². The van der Waals surface area contributed by atoms with Crippen LogP contribution in [0.2, 0.25) is 0 Å². The quantitative estimate of drug-likeness (QED) is 0.0243. The monoisotopic (exact) mass is 998 g/mol. The van der Waals surface area contributed by atoms with E-state index < -0.39 is 20.0 Å². The number of aliphatic hydroxyl groups is 1. The van der Waals surface area contributed by atoms with Crippen LogP contribution in [0.1, 0.15) is 316 Å². The Bertz CT molecular complexity index is 1130. The van der Waals surface area contributed by atoms with Gasteiger partial charge in [0.05, 0.1) is 39.9 Å². The number of amides is 1. The van der Waals surface area contributed by atoms with Gasteiger partial charge in [-0.1, -0.05) is 302 Å². The standard InChI is InChI=1S/C60H121N2O6P/c1-6-8-10-12-14-16-18-20-21-22-23-24-25-26-27-28-29-30-31-32-33-34-35-36-37-38-39-40-42-44-46-48-50-52-54-60(64)61-58(57-68-69(65,66)67-56-55-62(3,4)5)59(63)53-51-49-47-45-43-41-19-17-15-13-11-9-7-2/h51,53,58-59,63H,6-50,52,54-57H2,1-5H3,(H-,61,64,65,66)/p+1/b53-51+/t58-,59+/m0/s1. The van der Waals surface area contributed by atoms with Gasteiger partial charge in [0, 0.05) is 6.42 Å². The first-order valence-electron chi connectivity index (χ1n) is 30.6. The fourth-order valence-corrected chi connectivity index (χ4v) is 10.2. The SMILES string of the molecule is CCCCCCCCCCCCC/C=C/[C@@H](O)[C@H](COP(=O)(O)OCC[N+](C)(C)C)NC(=O)CCCCCCCCCCCCCCCCCCCCCCCCCCCCCCCCCCCC.